The van der Waals surface area contributed by atoms with E-state index < -0.39 is 0 Å². The maximum atomic E-state index is 5.03. The fourth-order valence-electron chi connectivity index (χ4n) is 6.46. The lowest BCUT2D eigenvalue weighted by Gasteiger charge is -2.11. The lowest BCUT2D eigenvalue weighted by molar-refractivity contribution is 1.18. The Hall–Kier alpha value is -7.11. The first-order valence-electron chi connectivity index (χ1n) is 17.2. The molecule has 244 valence electrons. The van der Waals surface area contributed by atoms with Crippen LogP contribution < -0.4 is 0 Å². The number of nitrogens with zero attached hydrogens (tertiary/aromatic N) is 5. The van der Waals surface area contributed by atoms with Crippen molar-refractivity contribution in [2.75, 3.05) is 0 Å². The molecular formula is C47H31N5. The van der Waals surface area contributed by atoms with Gasteiger partial charge in [-0.3, -0.25) is 9.97 Å². The molecule has 0 bridgehead atoms. The monoisotopic (exact) mass is 665 g/mol. The second-order valence-corrected chi connectivity index (χ2v) is 12.6. The maximum absolute atomic E-state index is 5.03. The molecule has 0 aliphatic heterocycles. The summed E-state index contributed by atoms with van der Waals surface area (Å²) >= 11 is 0. The average Bonchev–Trinajstić information content (AvgIpc) is 3.24. The van der Waals surface area contributed by atoms with Crippen LogP contribution in [-0.2, 0) is 0 Å². The van der Waals surface area contributed by atoms with Gasteiger partial charge in [-0.25, -0.2) is 15.0 Å². The molecule has 9 aromatic rings. The van der Waals surface area contributed by atoms with Crippen molar-refractivity contribution in [3.05, 3.63) is 188 Å². The number of rotatable bonds is 7. The first-order chi connectivity index (χ1) is 25.7. The van der Waals surface area contributed by atoms with Crippen molar-refractivity contribution in [3.63, 3.8) is 0 Å². The van der Waals surface area contributed by atoms with Crippen LogP contribution in [-0.4, -0.2) is 24.9 Å². The molecule has 0 radical (unpaired) electrons. The van der Waals surface area contributed by atoms with Crippen LogP contribution in [0.1, 0.15) is 0 Å². The summed E-state index contributed by atoms with van der Waals surface area (Å²) in [5, 5.41) is 2.40. The number of aromatic nitrogens is 5. The van der Waals surface area contributed by atoms with Gasteiger partial charge < -0.3 is 0 Å². The Morgan fingerprint density at radius 3 is 1.48 bits per heavy atom. The number of hydrogen-bond donors (Lipinski definition) is 0. The van der Waals surface area contributed by atoms with Crippen molar-refractivity contribution < 1.29 is 0 Å². The molecule has 0 unspecified atom stereocenters. The summed E-state index contributed by atoms with van der Waals surface area (Å²) in [5.74, 6) is 0.682. The Labute approximate surface area is 302 Å². The van der Waals surface area contributed by atoms with E-state index in [-0.39, 0.29) is 0 Å². The summed E-state index contributed by atoms with van der Waals surface area (Å²) in [7, 11) is 0. The van der Waals surface area contributed by atoms with E-state index in [1.54, 1.807) is 6.20 Å². The van der Waals surface area contributed by atoms with E-state index in [0.717, 1.165) is 73.1 Å². The lowest BCUT2D eigenvalue weighted by atomic mass is 9.99. The largest absolute Gasteiger partial charge is 0.255 e. The molecule has 0 aliphatic carbocycles. The van der Waals surface area contributed by atoms with E-state index >= 15 is 0 Å². The van der Waals surface area contributed by atoms with Crippen molar-refractivity contribution in [2.24, 2.45) is 0 Å². The van der Waals surface area contributed by atoms with Crippen LogP contribution in [0.4, 0.5) is 0 Å². The van der Waals surface area contributed by atoms with Crippen LogP contribution in [0.15, 0.2) is 188 Å². The van der Waals surface area contributed by atoms with E-state index in [9.17, 15) is 0 Å². The number of fused-ring (bicyclic) bond motifs is 1. The van der Waals surface area contributed by atoms with Gasteiger partial charge in [0.1, 0.15) is 0 Å². The van der Waals surface area contributed by atoms with Gasteiger partial charge in [0, 0.05) is 34.6 Å². The highest BCUT2D eigenvalue weighted by molar-refractivity contribution is 5.88. The SMILES string of the molecule is c1ccc(-c2cc(-c3ccccc3)nc(-c3ccc(-c4ccc(-c5cc(-c6ccc7ccccc7c6)cc(-c6ccccn6)n5)nc4)cc3)n2)cc1. The maximum Gasteiger partial charge on any atom is 0.160 e. The summed E-state index contributed by atoms with van der Waals surface area (Å²) in [4.78, 5) is 24.5. The molecule has 52 heavy (non-hydrogen) atoms. The molecule has 4 heterocycles. The Balaban J connectivity index is 1.04. The summed E-state index contributed by atoms with van der Waals surface area (Å²) in [5.41, 5.74) is 12.3. The molecule has 4 aromatic heterocycles. The Morgan fingerprint density at radius 1 is 0.269 bits per heavy atom. The van der Waals surface area contributed by atoms with Gasteiger partial charge in [-0.15, -0.1) is 0 Å². The molecule has 9 rings (SSSR count). The minimum Gasteiger partial charge on any atom is -0.255 e. The summed E-state index contributed by atoms with van der Waals surface area (Å²) < 4.78 is 0. The Kier molecular flexibility index (Phi) is 8.12. The van der Waals surface area contributed by atoms with Crippen LogP contribution >= 0.6 is 0 Å². The normalized spacial score (nSPS) is 11.1. The zero-order valence-electron chi connectivity index (χ0n) is 28.1. The smallest absolute Gasteiger partial charge is 0.160 e. The van der Waals surface area contributed by atoms with Crippen molar-refractivity contribution in [1.82, 2.24) is 24.9 Å². The van der Waals surface area contributed by atoms with Crippen LogP contribution in [0.25, 0.3) is 89.7 Å². The minimum absolute atomic E-state index is 0.682. The van der Waals surface area contributed by atoms with Crippen molar-refractivity contribution in [3.8, 4) is 78.9 Å². The molecule has 0 N–H and O–H groups in total. The third-order valence-corrected chi connectivity index (χ3v) is 9.20. The second-order valence-electron chi connectivity index (χ2n) is 12.6. The zero-order chi connectivity index (χ0) is 34.7. The van der Waals surface area contributed by atoms with Gasteiger partial charge in [0.2, 0.25) is 0 Å². The number of benzene rings is 5. The highest BCUT2D eigenvalue weighted by atomic mass is 14.9. The first-order valence-corrected chi connectivity index (χ1v) is 17.2. The van der Waals surface area contributed by atoms with Crippen molar-refractivity contribution >= 4 is 10.8 Å². The quantitative estimate of drug-likeness (QED) is 0.169. The number of hydrogen-bond acceptors (Lipinski definition) is 5. The predicted molar refractivity (Wildman–Crippen MR) is 211 cm³/mol. The van der Waals surface area contributed by atoms with E-state index in [0.29, 0.717) is 5.82 Å². The number of pyridine rings is 3. The van der Waals surface area contributed by atoms with Gasteiger partial charge >= 0.3 is 0 Å². The molecule has 0 spiro atoms. The summed E-state index contributed by atoms with van der Waals surface area (Å²) in [6.07, 6.45) is 3.71. The highest BCUT2D eigenvalue weighted by Gasteiger charge is 2.13. The molecule has 5 nitrogen and oxygen atoms in total. The predicted octanol–water partition coefficient (Wildman–Crippen LogP) is 11.5. The molecule has 0 saturated carbocycles. The third-order valence-electron chi connectivity index (χ3n) is 9.20. The fraction of sp³-hybridized carbons (Fsp3) is 0. The highest BCUT2D eigenvalue weighted by Crippen LogP contribution is 2.33. The molecule has 0 aliphatic rings. The van der Waals surface area contributed by atoms with E-state index in [2.05, 4.69) is 120 Å². The van der Waals surface area contributed by atoms with Crippen LogP contribution in [0.5, 0.6) is 0 Å². The second kappa shape index (κ2) is 13.7. The van der Waals surface area contributed by atoms with Gasteiger partial charge in [0.05, 0.1) is 34.2 Å². The van der Waals surface area contributed by atoms with Gasteiger partial charge in [-0.1, -0.05) is 133 Å². The molecule has 5 heteroatoms. The molecule has 0 atom stereocenters. The van der Waals surface area contributed by atoms with Gasteiger partial charge in [-0.05, 0) is 69.9 Å². The van der Waals surface area contributed by atoms with Crippen LogP contribution in [0.3, 0.4) is 0 Å². The summed E-state index contributed by atoms with van der Waals surface area (Å²) in [6.45, 7) is 0. The van der Waals surface area contributed by atoms with Crippen LogP contribution in [0, 0.1) is 0 Å². The fourth-order valence-corrected chi connectivity index (χ4v) is 6.46. The van der Waals surface area contributed by atoms with Crippen molar-refractivity contribution in [2.45, 2.75) is 0 Å². The Bertz CT molecular complexity index is 2580. The third kappa shape index (κ3) is 6.35. The lowest BCUT2D eigenvalue weighted by Crippen LogP contribution is -1.96. The van der Waals surface area contributed by atoms with Gasteiger partial charge in [-0.2, -0.15) is 0 Å². The zero-order valence-corrected chi connectivity index (χ0v) is 28.1. The van der Waals surface area contributed by atoms with Gasteiger partial charge in [0.15, 0.2) is 5.82 Å². The Morgan fingerprint density at radius 2 is 0.846 bits per heavy atom. The van der Waals surface area contributed by atoms with E-state index in [1.807, 2.05) is 66.9 Å². The molecule has 0 saturated heterocycles. The average molecular weight is 666 g/mol. The van der Waals surface area contributed by atoms with E-state index in [1.165, 1.54) is 10.8 Å². The first kappa shape index (κ1) is 30.9. The van der Waals surface area contributed by atoms with Crippen LogP contribution in [0.2, 0.25) is 0 Å². The molecule has 0 fully saturated rings. The van der Waals surface area contributed by atoms with Gasteiger partial charge in [0.25, 0.3) is 0 Å². The topological polar surface area (TPSA) is 64.5 Å². The minimum atomic E-state index is 0.682. The standard InChI is InChI=1S/C47H31N5/c1-3-12-34(13-4-1)43-30-44(35-14-5-2-6-15-35)52-47(51-43)36-21-18-33(19-22-36)39-24-25-42(49-31-39)46-29-40(28-45(50-46)41-17-9-10-26-48-41)38-23-20-32-11-7-8-16-37(32)27-38/h1-31H. The molecular weight excluding hydrogens is 635 g/mol. The summed E-state index contributed by atoms with van der Waals surface area (Å²) in [6, 6.07) is 60.1. The van der Waals surface area contributed by atoms with Crippen molar-refractivity contribution in [1.29, 1.82) is 0 Å². The molecule has 5 aromatic carbocycles. The molecule has 0 amide bonds. The van der Waals surface area contributed by atoms with E-state index in [4.69, 9.17) is 19.9 Å².